The van der Waals surface area contributed by atoms with E-state index in [-0.39, 0.29) is 0 Å². The van der Waals surface area contributed by atoms with E-state index in [9.17, 15) is 0 Å². The molecular formula is C7H17N3S. The molecule has 0 heterocycles. The number of rotatable bonds is 7. The van der Waals surface area contributed by atoms with Gasteiger partial charge in [-0.3, -0.25) is 0 Å². The molecule has 0 aliphatic carbocycles. The summed E-state index contributed by atoms with van der Waals surface area (Å²) in [5.74, 6) is 0.899. The summed E-state index contributed by atoms with van der Waals surface area (Å²) in [6, 6.07) is 0. The molecule has 0 aliphatic rings. The molecule has 3 nitrogen and oxygen atoms in total. The second kappa shape index (κ2) is 9.65. The molecule has 0 aromatic carbocycles. The van der Waals surface area contributed by atoms with E-state index in [0.29, 0.717) is 0 Å². The summed E-state index contributed by atoms with van der Waals surface area (Å²) >= 11 is 4.07. The first-order valence-corrected chi connectivity index (χ1v) is 4.46. The van der Waals surface area contributed by atoms with Crippen molar-refractivity contribution in [2.24, 2.45) is 5.73 Å². The van der Waals surface area contributed by atoms with E-state index >= 15 is 0 Å². The zero-order valence-electron chi connectivity index (χ0n) is 6.71. The molecule has 0 unspecified atom stereocenters. The highest BCUT2D eigenvalue weighted by atomic mass is 32.1. The summed E-state index contributed by atoms with van der Waals surface area (Å²) in [5, 5.41) is 6.29. The molecule has 0 spiro atoms. The van der Waals surface area contributed by atoms with Crippen molar-refractivity contribution in [2.45, 2.75) is 6.42 Å². The van der Waals surface area contributed by atoms with Crippen LogP contribution in [0, 0.1) is 0 Å². The lowest BCUT2D eigenvalue weighted by molar-refractivity contribution is 0.656. The Hall–Kier alpha value is -0.350. The molecule has 0 rings (SSSR count). The standard InChI is InChI=1S/C7H17N3S/c8-2-5-9-3-1-4-10-6-7-11/h2,5,9-11H,1,3-4,6-8H2/b5-2-. The van der Waals surface area contributed by atoms with Gasteiger partial charge < -0.3 is 16.4 Å². The van der Waals surface area contributed by atoms with Gasteiger partial charge in [0, 0.05) is 31.2 Å². The molecule has 66 valence electrons. The molecule has 0 saturated carbocycles. The topological polar surface area (TPSA) is 50.1 Å². The third kappa shape index (κ3) is 9.65. The van der Waals surface area contributed by atoms with E-state index in [1.54, 1.807) is 6.20 Å². The van der Waals surface area contributed by atoms with E-state index < -0.39 is 0 Å². The fourth-order valence-corrected chi connectivity index (χ4v) is 0.829. The van der Waals surface area contributed by atoms with Crippen LogP contribution < -0.4 is 16.4 Å². The molecule has 0 radical (unpaired) electrons. The van der Waals surface area contributed by atoms with Crippen LogP contribution in [0.4, 0.5) is 0 Å². The Morgan fingerprint density at radius 1 is 1.27 bits per heavy atom. The van der Waals surface area contributed by atoms with Gasteiger partial charge in [-0.25, -0.2) is 0 Å². The van der Waals surface area contributed by atoms with Crippen LogP contribution >= 0.6 is 12.6 Å². The monoisotopic (exact) mass is 175 g/mol. The lowest BCUT2D eigenvalue weighted by Gasteiger charge is -2.01. The van der Waals surface area contributed by atoms with Crippen LogP contribution in [0.15, 0.2) is 12.4 Å². The second-order valence-electron chi connectivity index (χ2n) is 2.14. The minimum atomic E-state index is 0.899. The summed E-state index contributed by atoms with van der Waals surface area (Å²) in [6.07, 6.45) is 4.36. The Morgan fingerprint density at radius 2 is 2.09 bits per heavy atom. The van der Waals surface area contributed by atoms with Gasteiger partial charge in [0.25, 0.3) is 0 Å². The maximum atomic E-state index is 5.12. The van der Waals surface area contributed by atoms with Crippen LogP contribution in [-0.4, -0.2) is 25.4 Å². The van der Waals surface area contributed by atoms with Gasteiger partial charge in [0.15, 0.2) is 0 Å². The molecule has 0 fully saturated rings. The van der Waals surface area contributed by atoms with Gasteiger partial charge in [-0.05, 0) is 13.0 Å². The fourth-order valence-electron chi connectivity index (χ4n) is 0.671. The van der Waals surface area contributed by atoms with E-state index in [4.69, 9.17) is 5.73 Å². The van der Waals surface area contributed by atoms with Crippen LogP contribution in [0.5, 0.6) is 0 Å². The summed E-state index contributed by atoms with van der Waals surface area (Å²) < 4.78 is 0. The predicted molar refractivity (Wildman–Crippen MR) is 52.7 cm³/mol. The number of nitrogens with two attached hydrogens (primary N) is 1. The van der Waals surface area contributed by atoms with Gasteiger partial charge in [0.05, 0.1) is 0 Å². The van der Waals surface area contributed by atoms with Gasteiger partial charge in [0.2, 0.25) is 0 Å². The maximum absolute atomic E-state index is 5.12. The zero-order valence-corrected chi connectivity index (χ0v) is 7.61. The minimum absolute atomic E-state index is 0.899. The SMILES string of the molecule is N/C=C\NCCCNCCS. The normalized spacial score (nSPS) is 10.6. The third-order valence-electron chi connectivity index (χ3n) is 1.18. The average Bonchev–Trinajstić information content (AvgIpc) is 2.03. The molecule has 0 bridgehead atoms. The van der Waals surface area contributed by atoms with Gasteiger partial charge >= 0.3 is 0 Å². The number of nitrogens with one attached hydrogen (secondary N) is 2. The maximum Gasteiger partial charge on any atom is 0.0154 e. The van der Waals surface area contributed by atoms with Crippen molar-refractivity contribution >= 4 is 12.6 Å². The molecule has 4 N–H and O–H groups in total. The summed E-state index contributed by atoms with van der Waals surface area (Å²) in [7, 11) is 0. The summed E-state index contributed by atoms with van der Waals surface area (Å²) in [4.78, 5) is 0. The van der Waals surface area contributed by atoms with Crippen molar-refractivity contribution in [2.75, 3.05) is 25.4 Å². The molecule has 0 aliphatic heterocycles. The Bertz CT molecular complexity index is 95.7. The summed E-state index contributed by atoms with van der Waals surface area (Å²) in [5.41, 5.74) is 5.12. The fraction of sp³-hybridized carbons (Fsp3) is 0.714. The first-order valence-electron chi connectivity index (χ1n) is 3.83. The lowest BCUT2D eigenvalue weighted by Crippen LogP contribution is -2.21. The minimum Gasteiger partial charge on any atom is -0.403 e. The molecule has 0 saturated heterocycles. The van der Waals surface area contributed by atoms with Gasteiger partial charge in [0.1, 0.15) is 0 Å². The predicted octanol–water partition coefficient (Wildman–Crippen LogP) is -0.0846. The Balaban J connectivity index is 2.79. The van der Waals surface area contributed by atoms with E-state index in [2.05, 4.69) is 23.3 Å². The van der Waals surface area contributed by atoms with Crippen LogP contribution in [-0.2, 0) is 0 Å². The summed E-state index contributed by atoms with van der Waals surface area (Å²) in [6.45, 7) is 2.98. The van der Waals surface area contributed by atoms with Gasteiger partial charge in [-0.1, -0.05) is 0 Å². The second-order valence-corrected chi connectivity index (χ2v) is 2.59. The molecule has 0 aromatic rings. The molecule has 4 heteroatoms. The van der Waals surface area contributed by atoms with Crippen LogP contribution in [0.25, 0.3) is 0 Å². The van der Waals surface area contributed by atoms with Crippen molar-refractivity contribution < 1.29 is 0 Å². The first kappa shape index (κ1) is 10.7. The van der Waals surface area contributed by atoms with Crippen molar-refractivity contribution in [1.82, 2.24) is 10.6 Å². The molecule has 0 aromatic heterocycles. The highest BCUT2D eigenvalue weighted by Gasteiger charge is 1.84. The molecule has 0 amide bonds. The number of thiol groups is 1. The lowest BCUT2D eigenvalue weighted by atomic mass is 10.4. The van der Waals surface area contributed by atoms with Crippen molar-refractivity contribution in [3.63, 3.8) is 0 Å². The van der Waals surface area contributed by atoms with Crippen LogP contribution in [0.2, 0.25) is 0 Å². The zero-order chi connectivity index (χ0) is 8.36. The third-order valence-corrected chi connectivity index (χ3v) is 1.40. The van der Waals surface area contributed by atoms with Gasteiger partial charge in [-0.2, -0.15) is 12.6 Å². The van der Waals surface area contributed by atoms with E-state index in [1.165, 1.54) is 6.20 Å². The Morgan fingerprint density at radius 3 is 2.73 bits per heavy atom. The van der Waals surface area contributed by atoms with Crippen LogP contribution in [0.1, 0.15) is 6.42 Å². The van der Waals surface area contributed by atoms with Gasteiger partial charge in [-0.15, -0.1) is 0 Å². The Labute approximate surface area is 73.8 Å². The van der Waals surface area contributed by atoms with Crippen molar-refractivity contribution in [3.05, 3.63) is 12.4 Å². The molecule has 0 atom stereocenters. The average molecular weight is 175 g/mol. The number of hydrogen-bond acceptors (Lipinski definition) is 4. The van der Waals surface area contributed by atoms with E-state index in [0.717, 1.165) is 31.8 Å². The number of hydrogen-bond donors (Lipinski definition) is 4. The Kier molecular flexibility index (Phi) is 9.34. The quantitative estimate of drug-likeness (QED) is 0.323. The molecule has 11 heavy (non-hydrogen) atoms. The molecular weight excluding hydrogens is 158 g/mol. The van der Waals surface area contributed by atoms with Crippen LogP contribution in [0.3, 0.4) is 0 Å². The smallest absolute Gasteiger partial charge is 0.0154 e. The van der Waals surface area contributed by atoms with Crippen molar-refractivity contribution in [3.8, 4) is 0 Å². The first-order chi connectivity index (χ1) is 5.41. The van der Waals surface area contributed by atoms with E-state index in [1.807, 2.05) is 0 Å². The largest absolute Gasteiger partial charge is 0.403 e. The van der Waals surface area contributed by atoms with Crippen molar-refractivity contribution in [1.29, 1.82) is 0 Å². The highest BCUT2D eigenvalue weighted by molar-refractivity contribution is 7.80. The highest BCUT2D eigenvalue weighted by Crippen LogP contribution is 1.74.